The molecule has 23 heavy (non-hydrogen) atoms. The van der Waals surface area contributed by atoms with Crippen LogP contribution in [0.4, 0.5) is 0 Å². The Hall–Kier alpha value is -1.91. The molecular formula is C18H24N2O3. The van der Waals surface area contributed by atoms with Crippen molar-refractivity contribution in [3.63, 3.8) is 0 Å². The van der Waals surface area contributed by atoms with E-state index >= 15 is 0 Å². The number of H-pyrrole nitrogens is 1. The average Bonchev–Trinajstić information content (AvgIpc) is 2.54. The van der Waals surface area contributed by atoms with Crippen LogP contribution in [0.1, 0.15) is 71.9 Å². The lowest BCUT2D eigenvalue weighted by Crippen LogP contribution is -2.44. The Morgan fingerprint density at radius 2 is 1.91 bits per heavy atom. The first-order valence-corrected chi connectivity index (χ1v) is 8.55. The number of hydrogen-bond donors (Lipinski definition) is 1. The van der Waals surface area contributed by atoms with E-state index in [9.17, 15) is 14.4 Å². The molecule has 1 saturated carbocycles. The summed E-state index contributed by atoms with van der Waals surface area (Å²) >= 11 is 0. The van der Waals surface area contributed by atoms with Crippen LogP contribution in [0.3, 0.4) is 0 Å². The van der Waals surface area contributed by atoms with Gasteiger partial charge in [-0.25, -0.2) is 0 Å². The van der Waals surface area contributed by atoms with E-state index in [1.807, 2.05) is 0 Å². The number of rotatable bonds is 2. The molecule has 0 unspecified atom stereocenters. The van der Waals surface area contributed by atoms with Crippen LogP contribution in [0.2, 0.25) is 0 Å². The number of nitrogens with zero attached hydrogens (tertiary/aromatic N) is 1. The normalized spacial score (nSPS) is 24.2. The van der Waals surface area contributed by atoms with Crippen LogP contribution in [-0.4, -0.2) is 34.7 Å². The van der Waals surface area contributed by atoms with Gasteiger partial charge in [0.15, 0.2) is 5.78 Å². The zero-order valence-corrected chi connectivity index (χ0v) is 13.9. The Kier molecular flexibility index (Phi) is 4.37. The molecule has 2 aliphatic carbocycles. The van der Waals surface area contributed by atoms with Gasteiger partial charge < -0.3 is 9.88 Å². The van der Waals surface area contributed by atoms with Gasteiger partial charge in [0.1, 0.15) is 5.56 Å². The summed E-state index contributed by atoms with van der Waals surface area (Å²) in [6.45, 7) is 2.16. The molecule has 2 atom stereocenters. The van der Waals surface area contributed by atoms with Crippen LogP contribution < -0.4 is 5.56 Å². The van der Waals surface area contributed by atoms with Crippen molar-refractivity contribution in [3.05, 3.63) is 33.2 Å². The summed E-state index contributed by atoms with van der Waals surface area (Å²) in [5, 5.41) is 0. The maximum absolute atomic E-state index is 12.8. The molecule has 1 heterocycles. The van der Waals surface area contributed by atoms with Gasteiger partial charge >= 0.3 is 0 Å². The molecule has 2 aliphatic rings. The van der Waals surface area contributed by atoms with E-state index in [2.05, 4.69) is 11.9 Å². The molecule has 1 fully saturated rings. The smallest absolute Gasteiger partial charge is 0.261 e. The summed E-state index contributed by atoms with van der Waals surface area (Å²) in [7, 11) is 1.77. The first-order chi connectivity index (χ1) is 11.0. The Morgan fingerprint density at radius 1 is 1.17 bits per heavy atom. The lowest BCUT2D eigenvalue weighted by molar-refractivity contribution is 0.0627. The first-order valence-electron chi connectivity index (χ1n) is 8.55. The van der Waals surface area contributed by atoms with Gasteiger partial charge in [-0.2, -0.15) is 0 Å². The van der Waals surface area contributed by atoms with Crippen LogP contribution >= 0.6 is 0 Å². The predicted molar refractivity (Wildman–Crippen MR) is 87.8 cm³/mol. The lowest BCUT2D eigenvalue weighted by atomic mass is 9.85. The first kappa shape index (κ1) is 16.0. The largest absolute Gasteiger partial charge is 0.338 e. The molecule has 124 valence electrons. The summed E-state index contributed by atoms with van der Waals surface area (Å²) in [6.07, 6.45) is 6.35. The topological polar surface area (TPSA) is 70.2 Å². The summed E-state index contributed by atoms with van der Waals surface area (Å²) in [4.78, 5) is 41.6. The number of aryl methyl sites for hydroxylation is 1. The molecule has 0 radical (unpaired) electrons. The number of carbonyl (C=O) groups excluding carboxylic acids is 2. The van der Waals surface area contributed by atoms with Crippen LogP contribution in [0, 0.1) is 5.92 Å². The monoisotopic (exact) mass is 316 g/mol. The van der Waals surface area contributed by atoms with Crippen molar-refractivity contribution in [1.29, 1.82) is 0 Å². The zero-order valence-electron chi connectivity index (χ0n) is 13.9. The van der Waals surface area contributed by atoms with Gasteiger partial charge in [0.25, 0.3) is 11.5 Å². The molecule has 0 aliphatic heterocycles. The fourth-order valence-electron chi connectivity index (χ4n) is 3.95. The number of Topliss-reactive ketones (excluding diaryl/α,β-unsaturated/α-hetero) is 1. The molecule has 1 N–H and O–H groups in total. The Balaban J connectivity index is 1.91. The van der Waals surface area contributed by atoms with E-state index in [0.717, 1.165) is 25.7 Å². The highest BCUT2D eigenvalue weighted by Crippen LogP contribution is 2.28. The van der Waals surface area contributed by atoms with E-state index < -0.39 is 0 Å². The van der Waals surface area contributed by atoms with Crippen LogP contribution in [0.5, 0.6) is 0 Å². The number of aromatic nitrogens is 1. The number of nitrogens with one attached hydrogen (secondary N) is 1. The number of ketones is 1. The fourth-order valence-corrected chi connectivity index (χ4v) is 3.95. The highest BCUT2D eigenvalue weighted by Gasteiger charge is 2.30. The van der Waals surface area contributed by atoms with Crippen molar-refractivity contribution in [2.75, 3.05) is 7.05 Å². The molecule has 0 saturated heterocycles. The number of hydrogen-bond acceptors (Lipinski definition) is 3. The molecule has 1 aromatic rings. The van der Waals surface area contributed by atoms with Gasteiger partial charge in [-0.05, 0) is 37.7 Å². The van der Waals surface area contributed by atoms with E-state index in [1.54, 1.807) is 11.9 Å². The molecule has 0 spiro atoms. The maximum atomic E-state index is 12.8. The third-order valence-electron chi connectivity index (χ3n) is 5.37. The Morgan fingerprint density at radius 3 is 2.65 bits per heavy atom. The summed E-state index contributed by atoms with van der Waals surface area (Å²) in [5.41, 5.74) is 0.916. The van der Waals surface area contributed by atoms with Crippen molar-refractivity contribution < 1.29 is 9.59 Å². The standard InChI is InChI=1S/C18H24N2O3/c1-11-6-3-4-8-15(11)20(2)18(23)13-10-12-14(19-17(13)22)7-5-9-16(12)21/h10-11,15H,3-9H2,1-2H3,(H,19,22)/t11-,15-/m0/s1. The second kappa shape index (κ2) is 6.30. The van der Waals surface area contributed by atoms with E-state index in [1.165, 1.54) is 12.5 Å². The van der Waals surface area contributed by atoms with Crippen molar-refractivity contribution in [2.45, 2.75) is 57.9 Å². The number of fused-ring (bicyclic) bond motifs is 1. The summed E-state index contributed by atoms with van der Waals surface area (Å²) in [6, 6.07) is 1.68. The van der Waals surface area contributed by atoms with E-state index in [4.69, 9.17) is 0 Å². The molecule has 0 aromatic carbocycles. The lowest BCUT2D eigenvalue weighted by Gasteiger charge is -2.36. The van der Waals surface area contributed by atoms with Crippen molar-refractivity contribution in [3.8, 4) is 0 Å². The molecular weight excluding hydrogens is 292 g/mol. The van der Waals surface area contributed by atoms with Gasteiger partial charge in [-0.3, -0.25) is 14.4 Å². The Bertz CT molecular complexity index is 692. The number of carbonyl (C=O) groups is 2. The van der Waals surface area contributed by atoms with Crippen LogP contribution in [0.25, 0.3) is 0 Å². The van der Waals surface area contributed by atoms with Gasteiger partial charge in [0.2, 0.25) is 0 Å². The third-order valence-corrected chi connectivity index (χ3v) is 5.37. The second-order valence-corrected chi connectivity index (χ2v) is 6.93. The summed E-state index contributed by atoms with van der Waals surface area (Å²) in [5.74, 6) is 0.187. The fraction of sp³-hybridized carbons (Fsp3) is 0.611. The SMILES string of the molecule is C[C@H]1CCCC[C@@H]1N(C)C(=O)c1cc2c([nH]c1=O)CCCC2=O. The van der Waals surface area contributed by atoms with Crippen LogP contribution in [-0.2, 0) is 6.42 Å². The number of pyridine rings is 1. The molecule has 0 bridgehead atoms. The Labute approximate surface area is 136 Å². The second-order valence-electron chi connectivity index (χ2n) is 6.93. The molecule has 5 heteroatoms. The van der Waals surface area contributed by atoms with Crippen molar-refractivity contribution in [1.82, 2.24) is 9.88 Å². The molecule has 3 rings (SSSR count). The minimum absolute atomic E-state index is 0.0187. The number of amides is 1. The molecule has 1 aromatic heterocycles. The minimum atomic E-state index is -0.376. The summed E-state index contributed by atoms with van der Waals surface area (Å²) < 4.78 is 0. The van der Waals surface area contributed by atoms with Crippen molar-refractivity contribution >= 4 is 11.7 Å². The molecule has 5 nitrogen and oxygen atoms in total. The van der Waals surface area contributed by atoms with E-state index in [0.29, 0.717) is 30.0 Å². The predicted octanol–water partition coefficient (Wildman–Crippen LogP) is 2.54. The average molecular weight is 316 g/mol. The third kappa shape index (κ3) is 2.96. The molecule has 1 amide bonds. The highest BCUT2D eigenvalue weighted by molar-refractivity contribution is 6.01. The van der Waals surface area contributed by atoms with E-state index in [-0.39, 0.29) is 28.9 Å². The van der Waals surface area contributed by atoms with Crippen LogP contribution in [0.15, 0.2) is 10.9 Å². The van der Waals surface area contributed by atoms with Crippen molar-refractivity contribution in [2.24, 2.45) is 5.92 Å². The van der Waals surface area contributed by atoms with Gasteiger partial charge in [-0.15, -0.1) is 0 Å². The minimum Gasteiger partial charge on any atom is -0.338 e. The zero-order chi connectivity index (χ0) is 16.6. The quantitative estimate of drug-likeness (QED) is 0.911. The van der Waals surface area contributed by atoms with Gasteiger partial charge in [0.05, 0.1) is 0 Å². The maximum Gasteiger partial charge on any atom is 0.261 e. The van der Waals surface area contributed by atoms with Gasteiger partial charge in [0, 0.05) is 30.8 Å². The number of aromatic amines is 1. The highest BCUT2D eigenvalue weighted by atomic mass is 16.2. The van der Waals surface area contributed by atoms with Gasteiger partial charge in [-0.1, -0.05) is 19.8 Å².